The first-order chi connectivity index (χ1) is 11.6. The van der Waals surface area contributed by atoms with E-state index in [1.54, 1.807) is 24.6 Å². The summed E-state index contributed by atoms with van der Waals surface area (Å²) in [4.78, 5) is 20.5. The lowest BCUT2D eigenvalue weighted by Crippen LogP contribution is -2.27. The van der Waals surface area contributed by atoms with Crippen molar-refractivity contribution in [3.63, 3.8) is 0 Å². The maximum absolute atomic E-state index is 13.0. The Morgan fingerprint density at radius 1 is 1.33 bits per heavy atom. The molecule has 3 aromatic rings. The number of carbonyl (C=O) groups excluding carboxylic acids is 1. The molecule has 7 heteroatoms. The van der Waals surface area contributed by atoms with Crippen molar-refractivity contribution in [2.75, 3.05) is 6.54 Å². The molecular weight excluding hydrogens is 329 g/mol. The van der Waals surface area contributed by atoms with Gasteiger partial charge in [-0.15, -0.1) is 11.3 Å². The van der Waals surface area contributed by atoms with Crippen LogP contribution in [0.1, 0.15) is 17.1 Å². The summed E-state index contributed by atoms with van der Waals surface area (Å²) in [6.45, 7) is 2.29. The van der Waals surface area contributed by atoms with E-state index in [1.165, 1.54) is 23.5 Å². The van der Waals surface area contributed by atoms with Crippen LogP contribution in [0, 0.1) is 12.7 Å². The van der Waals surface area contributed by atoms with Crippen molar-refractivity contribution in [3.8, 4) is 11.5 Å². The molecule has 1 N–H and O–H groups in total. The number of halogens is 1. The molecule has 5 nitrogen and oxygen atoms in total. The summed E-state index contributed by atoms with van der Waals surface area (Å²) in [6, 6.07) is 5.88. The van der Waals surface area contributed by atoms with Gasteiger partial charge in [-0.05, 0) is 31.2 Å². The van der Waals surface area contributed by atoms with E-state index in [4.69, 9.17) is 4.42 Å². The first kappa shape index (κ1) is 16.3. The Hall–Kier alpha value is -2.54. The van der Waals surface area contributed by atoms with E-state index in [0.29, 0.717) is 35.9 Å². The van der Waals surface area contributed by atoms with Crippen LogP contribution in [-0.4, -0.2) is 22.4 Å². The zero-order chi connectivity index (χ0) is 16.9. The highest BCUT2D eigenvalue weighted by molar-refractivity contribution is 7.07. The molecule has 0 saturated heterocycles. The van der Waals surface area contributed by atoms with Crippen LogP contribution in [0.15, 0.2) is 39.6 Å². The molecule has 0 unspecified atom stereocenters. The van der Waals surface area contributed by atoms with Crippen LogP contribution < -0.4 is 5.32 Å². The summed E-state index contributed by atoms with van der Waals surface area (Å²) in [6.07, 6.45) is 0.849. The van der Waals surface area contributed by atoms with E-state index >= 15 is 0 Å². The largest absolute Gasteiger partial charge is 0.441 e. The first-order valence-corrected chi connectivity index (χ1v) is 8.42. The van der Waals surface area contributed by atoms with Gasteiger partial charge in [0.2, 0.25) is 11.8 Å². The monoisotopic (exact) mass is 345 g/mol. The average molecular weight is 345 g/mol. The standard InChI is InChI=1S/C17H16FN3O2S/c1-11-15(8-16(22)19-7-6-14-9-24-10-20-14)21-17(23-11)12-2-4-13(18)5-3-12/h2-5,9-10H,6-8H2,1H3,(H,19,22). The van der Waals surface area contributed by atoms with E-state index < -0.39 is 0 Å². The molecular formula is C17H16FN3O2S. The summed E-state index contributed by atoms with van der Waals surface area (Å²) in [5.74, 6) is 0.538. The van der Waals surface area contributed by atoms with Gasteiger partial charge < -0.3 is 9.73 Å². The van der Waals surface area contributed by atoms with Crippen LogP contribution >= 0.6 is 11.3 Å². The Bertz CT molecular complexity index is 813. The van der Waals surface area contributed by atoms with Crippen molar-refractivity contribution in [1.82, 2.24) is 15.3 Å². The van der Waals surface area contributed by atoms with Gasteiger partial charge in [0.05, 0.1) is 23.3 Å². The number of benzene rings is 1. The minimum atomic E-state index is -0.318. The second-order valence-electron chi connectivity index (χ2n) is 5.29. The van der Waals surface area contributed by atoms with Crippen molar-refractivity contribution in [3.05, 3.63) is 58.1 Å². The lowest BCUT2D eigenvalue weighted by Gasteiger charge is -2.02. The number of hydrogen-bond donors (Lipinski definition) is 1. The maximum atomic E-state index is 13.0. The van der Waals surface area contributed by atoms with Crippen molar-refractivity contribution >= 4 is 17.2 Å². The number of aryl methyl sites for hydroxylation is 1. The Balaban J connectivity index is 1.58. The number of carbonyl (C=O) groups is 1. The van der Waals surface area contributed by atoms with Crippen LogP contribution in [-0.2, 0) is 17.6 Å². The fraction of sp³-hybridized carbons (Fsp3) is 0.235. The van der Waals surface area contributed by atoms with Crippen LogP contribution in [0.3, 0.4) is 0 Å². The number of nitrogens with one attached hydrogen (secondary N) is 1. The molecule has 3 rings (SSSR count). The van der Waals surface area contributed by atoms with Gasteiger partial charge in [0.25, 0.3) is 0 Å². The van der Waals surface area contributed by atoms with Gasteiger partial charge >= 0.3 is 0 Å². The van der Waals surface area contributed by atoms with Crippen LogP contribution in [0.2, 0.25) is 0 Å². The number of amides is 1. The summed E-state index contributed by atoms with van der Waals surface area (Å²) >= 11 is 1.53. The number of aromatic nitrogens is 2. The van der Waals surface area contributed by atoms with Crippen molar-refractivity contribution in [1.29, 1.82) is 0 Å². The van der Waals surface area contributed by atoms with Gasteiger partial charge in [-0.2, -0.15) is 0 Å². The predicted molar refractivity (Wildman–Crippen MR) is 89.2 cm³/mol. The molecule has 0 aliphatic rings. The quantitative estimate of drug-likeness (QED) is 0.745. The van der Waals surface area contributed by atoms with E-state index in [9.17, 15) is 9.18 Å². The molecule has 0 atom stereocenters. The average Bonchev–Trinajstić information content (AvgIpc) is 3.19. The van der Waals surface area contributed by atoms with E-state index in [1.807, 2.05) is 5.38 Å². The Kier molecular flexibility index (Phi) is 5.00. The van der Waals surface area contributed by atoms with Crippen LogP contribution in [0.5, 0.6) is 0 Å². The second-order valence-corrected chi connectivity index (χ2v) is 6.00. The molecule has 0 fully saturated rings. The molecule has 2 aromatic heterocycles. The summed E-state index contributed by atoms with van der Waals surface area (Å²) < 4.78 is 18.6. The van der Waals surface area contributed by atoms with Crippen LogP contribution in [0.4, 0.5) is 4.39 Å². The zero-order valence-electron chi connectivity index (χ0n) is 13.1. The normalized spacial score (nSPS) is 10.8. The third-order valence-corrected chi connectivity index (χ3v) is 4.13. The molecule has 0 radical (unpaired) electrons. The Labute approximate surface area is 142 Å². The number of hydrogen-bond acceptors (Lipinski definition) is 5. The van der Waals surface area contributed by atoms with E-state index in [2.05, 4.69) is 15.3 Å². The molecule has 0 saturated carbocycles. The summed E-state index contributed by atoms with van der Waals surface area (Å²) in [5.41, 5.74) is 4.00. The maximum Gasteiger partial charge on any atom is 0.226 e. The molecule has 24 heavy (non-hydrogen) atoms. The highest BCUT2D eigenvalue weighted by Crippen LogP contribution is 2.22. The minimum absolute atomic E-state index is 0.118. The smallest absolute Gasteiger partial charge is 0.226 e. The lowest BCUT2D eigenvalue weighted by atomic mass is 10.2. The third-order valence-electron chi connectivity index (χ3n) is 3.50. The van der Waals surface area contributed by atoms with Crippen molar-refractivity contribution in [2.24, 2.45) is 0 Å². The molecule has 1 aromatic carbocycles. The van der Waals surface area contributed by atoms with Gasteiger partial charge in [0.15, 0.2) is 0 Å². The first-order valence-electron chi connectivity index (χ1n) is 7.48. The summed E-state index contributed by atoms with van der Waals surface area (Å²) in [5, 5.41) is 4.81. The number of oxazole rings is 1. The molecule has 0 aliphatic carbocycles. The van der Waals surface area contributed by atoms with Gasteiger partial charge in [0.1, 0.15) is 11.6 Å². The van der Waals surface area contributed by atoms with E-state index in [-0.39, 0.29) is 18.1 Å². The van der Waals surface area contributed by atoms with Crippen LogP contribution in [0.25, 0.3) is 11.5 Å². The highest BCUT2D eigenvalue weighted by Gasteiger charge is 2.14. The van der Waals surface area contributed by atoms with E-state index in [0.717, 1.165) is 5.69 Å². The third kappa shape index (κ3) is 4.05. The predicted octanol–water partition coefficient (Wildman–Crippen LogP) is 3.15. The van der Waals surface area contributed by atoms with Gasteiger partial charge in [-0.25, -0.2) is 14.4 Å². The van der Waals surface area contributed by atoms with Crippen molar-refractivity contribution in [2.45, 2.75) is 19.8 Å². The minimum Gasteiger partial charge on any atom is -0.441 e. The number of rotatable bonds is 6. The SMILES string of the molecule is Cc1oc(-c2ccc(F)cc2)nc1CC(=O)NCCc1cscn1. The van der Waals surface area contributed by atoms with Crippen molar-refractivity contribution < 1.29 is 13.6 Å². The molecule has 2 heterocycles. The molecule has 1 amide bonds. The van der Waals surface area contributed by atoms with Gasteiger partial charge in [-0.1, -0.05) is 0 Å². The molecule has 124 valence electrons. The highest BCUT2D eigenvalue weighted by atomic mass is 32.1. The van der Waals surface area contributed by atoms with Gasteiger partial charge in [0, 0.05) is 23.9 Å². The molecule has 0 spiro atoms. The fourth-order valence-corrected chi connectivity index (χ4v) is 2.81. The lowest BCUT2D eigenvalue weighted by molar-refractivity contribution is -0.120. The molecule has 0 bridgehead atoms. The Morgan fingerprint density at radius 2 is 2.12 bits per heavy atom. The summed E-state index contributed by atoms with van der Waals surface area (Å²) in [7, 11) is 0. The topological polar surface area (TPSA) is 68.0 Å². The zero-order valence-corrected chi connectivity index (χ0v) is 13.9. The second kappa shape index (κ2) is 7.35. The fourth-order valence-electron chi connectivity index (χ4n) is 2.21. The number of thiazole rings is 1. The van der Waals surface area contributed by atoms with Gasteiger partial charge in [-0.3, -0.25) is 4.79 Å². The number of nitrogens with zero attached hydrogens (tertiary/aromatic N) is 2. The molecule has 0 aliphatic heterocycles. The Morgan fingerprint density at radius 3 is 2.83 bits per heavy atom.